The average Bonchev–Trinajstić information content (AvgIpc) is 2.30. The monoisotopic (exact) mass is 220 g/mol. The number of hydrogen-bond donors (Lipinski definition) is 0. The highest BCUT2D eigenvalue weighted by Crippen LogP contribution is 2.25. The summed E-state index contributed by atoms with van der Waals surface area (Å²) in [5, 5.41) is 0. The summed E-state index contributed by atoms with van der Waals surface area (Å²) in [6.07, 6.45) is 2.00. The van der Waals surface area contributed by atoms with Gasteiger partial charge in [0.1, 0.15) is 5.75 Å². The van der Waals surface area contributed by atoms with Crippen molar-refractivity contribution in [3.63, 3.8) is 0 Å². The van der Waals surface area contributed by atoms with E-state index in [2.05, 4.69) is 20.4 Å². The normalized spacial score (nSPS) is 11.1. The summed E-state index contributed by atoms with van der Waals surface area (Å²) in [5.41, 5.74) is 0. The fourth-order valence-corrected chi connectivity index (χ4v) is 4.34. The van der Waals surface area contributed by atoms with Gasteiger partial charge < -0.3 is 4.43 Å². The molecule has 0 fully saturated rings. The average molecular weight is 220 g/mol. The van der Waals surface area contributed by atoms with Crippen LogP contribution in [0.3, 0.4) is 0 Å². The molecule has 0 N–H and O–H groups in total. The molecule has 1 nitrogen and oxygen atoms in total. The Labute approximate surface area is 93.9 Å². The second kappa shape index (κ2) is 5.76. The van der Waals surface area contributed by atoms with Crippen LogP contribution in [0, 0.1) is 0 Å². The highest BCUT2D eigenvalue weighted by Gasteiger charge is 2.31. The quantitative estimate of drug-likeness (QED) is 0.515. The maximum absolute atomic E-state index is 6.21. The molecule has 0 heterocycles. The Balaban J connectivity index is 2.78. The van der Waals surface area contributed by atoms with Crippen molar-refractivity contribution in [2.75, 3.05) is 0 Å². The number of rotatable bonds is 6. The van der Waals surface area contributed by atoms with E-state index in [1.165, 1.54) is 0 Å². The van der Waals surface area contributed by atoms with Gasteiger partial charge in [0.05, 0.1) is 0 Å². The third kappa shape index (κ3) is 3.24. The summed E-state index contributed by atoms with van der Waals surface area (Å²) in [5.74, 6) is 1.01. The molecule has 1 aromatic rings. The zero-order valence-corrected chi connectivity index (χ0v) is 10.7. The summed E-state index contributed by atoms with van der Waals surface area (Å²) < 4.78 is 6.21. The van der Waals surface area contributed by atoms with Crippen molar-refractivity contribution in [2.45, 2.75) is 32.0 Å². The largest absolute Gasteiger partial charge is 0.543 e. The Bertz CT molecular complexity index is 291. The first kappa shape index (κ1) is 12.0. The van der Waals surface area contributed by atoms with Crippen molar-refractivity contribution < 1.29 is 4.43 Å². The van der Waals surface area contributed by atoms with Crippen LogP contribution in [-0.2, 0) is 0 Å². The van der Waals surface area contributed by atoms with E-state index in [0.29, 0.717) is 0 Å². The van der Waals surface area contributed by atoms with Crippen LogP contribution in [0.25, 0.3) is 0 Å². The van der Waals surface area contributed by atoms with Gasteiger partial charge in [0.2, 0.25) is 0 Å². The van der Waals surface area contributed by atoms with Gasteiger partial charge in [-0.3, -0.25) is 0 Å². The van der Waals surface area contributed by atoms with Gasteiger partial charge in [-0.05, 0) is 30.3 Å². The molecular weight excluding hydrogens is 200 g/mol. The second-order valence-electron chi connectivity index (χ2n) is 3.80. The standard InChI is InChI=1S/C13H20OSi/c1-4-12-15(5-2,6-3)14-13-10-8-7-9-11-13/h4,7-11H,1,5-6,12H2,2-3H3. The molecule has 15 heavy (non-hydrogen) atoms. The van der Waals surface area contributed by atoms with Gasteiger partial charge >= 0.3 is 0 Å². The maximum Gasteiger partial charge on any atom is 0.254 e. The summed E-state index contributed by atoms with van der Waals surface area (Å²) in [6.45, 7) is 8.29. The minimum absolute atomic E-state index is 1.01. The third-order valence-electron chi connectivity index (χ3n) is 2.88. The minimum atomic E-state index is -1.60. The van der Waals surface area contributed by atoms with E-state index in [1.54, 1.807) is 0 Å². The molecule has 0 aliphatic carbocycles. The van der Waals surface area contributed by atoms with Crippen LogP contribution in [0.15, 0.2) is 43.0 Å². The lowest BCUT2D eigenvalue weighted by Crippen LogP contribution is -2.39. The SMILES string of the molecule is C=CC[Si](CC)(CC)Oc1ccccc1. The van der Waals surface area contributed by atoms with Crippen LogP contribution < -0.4 is 4.43 Å². The van der Waals surface area contributed by atoms with Crippen molar-refractivity contribution in [2.24, 2.45) is 0 Å². The molecule has 0 amide bonds. The van der Waals surface area contributed by atoms with Crippen LogP contribution in [0.1, 0.15) is 13.8 Å². The molecule has 0 unspecified atom stereocenters. The molecule has 0 saturated heterocycles. The lowest BCUT2D eigenvalue weighted by molar-refractivity contribution is 0.535. The zero-order chi connectivity index (χ0) is 11.1. The van der Waals surface area contributed by atoms with Crippen molar-refractivity contribution in [3.05, 3.63) is 43.0 Å². The van der Waals surface area contributed by atoms with Gasteiger partial charge in [0, 0.05) is 0 Å². The molecule has 1 aromatic carbocycles. The Morgan fingerprint density at radius 3 is 2.27 bits per heavy atom. The molecule has 1 rings (SSSR count). The van der Waals surface area contributed by atoms with E-state index in [0.717, 1.165) is 23.9 Å². The molecule has 0 aliphatic heterocycles. The maximum atomic E-state index is 6.21. The molecule has 0 aliphatic rings. The highest BCUT2D eigenvalue weighted by molar-refractivity contribution is 6.74. The van der Waals surface area contributed by atoms with E-state index >= 15 is 0 Å². The smallest absolute Gasteiger partial charge is 0.254 e. The molecule has 0 aromatic heterocycles. The Kier molecular flexibility index (Phi) is 4.63. The van der Waals surface area contributed by atoms with Crippen molar-refractivity contribution in [3.8, 4) is 5.75 Å². The lowest BCUT2D eigenvalue weighted by atomic mass is 10.3. The zero-order valence-electron chi connectivity index (χ0n) is 9.70. The topological polar surface area (TPSA) is 9.23 Å². The predicted octanol–water partition coefficient (Wildman–Crippen LogP) is 4.24. The number of allylic oxidation sites excluding steroid dienone is 1. The predicted molar refractivity (Wildman–Crippen MR) is 68.8 cm³/mol. The first-order valence-corrected chi connectivity index (χ1v) is 8.14. The molecule has 0 saturated carbocycles. The molecule has 82 valence electrons. The third-order valence-corrected chi connectivity index (χ3v) is 7.16. The van der Waals surface area contributed by atoms with Gasteiger partial charge in [0.15, 0.2) is 0 Å². The van der Waals surface area contributed by atoms with Crippen LogP contribution in [0.4, 0.5) is 0 Å². The Morgan fingerprint density at radius 2 is 1.80 bits per heavy atom. The van der Waals surface area contributed by atoms with Gasteiger partial charge in [0.25, 0.3) is 8.32 Å². The summed E-state index contributed by atoms with van der Waals surface area (Å²) >= 11 is 0. The fraction of sp³-hybridized carbons (Fsp3) is 0.385. The van der Waals surface area contributed by atoms with Crippen LogP contribution in [-0.4, -0.2) is 8.32 Å². The van der Waals surface area contributed by atoms with Crippen molar-refractivity contribution in [1.82, 2.24) is 0 Å². The van der Waals surface area contributed by atoms with Crippen molar-refractivity contribution in [1.29, 1.82) is 0 Å². The van der Waals surface area contributed by atoms with Gasteiger partial charge in [-0.2, -0.15) is 0 Å². The molecule has 0 radical (unpaired) electrons. The second-order valence-corrected chi connectivity index (χ2v) is 8.19. The van der Waals surface area contributed by atoms with Gasteiger partial charge in [-0.1, -0.05) is 38.1 Å². The number of para-hydroxylation sites is 1. The Hall–Kier alpha value is -1.02. The number of hydrogen-bond acceptors (Lipinski definition) is 1. The molecule has 0 spiro atoms. The minimum Gasteiger partial charge on any atom is -0.543 e. The van der Waals surface area contributed by atoms with Crippen molar-refractivity contribution >= 4 is 8.32 Å². The van der Waals surface area contributed by atoms with Crippen LogP contribution in [0.2, 0.25) is 18.1 Å². The van der Waals surface area contributed by atoms with E-state index in [9.17, 15) is 0 Å². The summed E-state index contributed by atoms with van der Waals surface area (Å²) in [6, 6.07) is 13.5. The fourth-order valence-electron chi connectivity index (χ4n) is 1.73. The highest BCUT2D eigenvalue weighted by atomic mass is 28.4. The molecule has 2 heteroatoms. The molecular formula is C13H20OSi. The summed E-state index contributed by atoms with van der Waals surface area (Å²) in [4.78, 5) is 0. The number of benzene rings is 1. The van der Waals surface area contributed by atoms with E-state index in [4.69, 9.17) is 4.43 Å². The van der Waals surface area contributed by atoms with E-state index in [1.807, 2.05) is 36.4 Å². The molecule has 0 bridgehead atoms. The van der Waals surface area contributed by atoms with Crippen LogP contribution in [0.5, 0.6) is 5.75 Å². The van der Waals surface area contributed by atoms with E-state index < -0.39 is 8.32 Å². The Morgan fingerprint density at radius 1 is 1.20 bits per heavy atom. The van der Waals surface area contributed by atoms with Crippen LogP contribution >= 0.6 is 0 Å². The molecule has 0 atom stereocenters. The van der Waals surface area contributed by atoms with Gasteiger partial charge in [-0.15, -0.1) is 6.58 Å². The van der Waals surface area contributed by atoms with E-state index in [-0.39, 0.29) is 0 Å². The summed E-state index contributed by atoms with van der Waals surface area (Å²) in [7, 11) is -1.60. The first-order valence-electron chi connectivity index (χ1n) is 5.61. The van der Waals surface area contributed by atoms with Gasteiger partial charge in [-0.25, -0.2) is 0 Å². The lowest BCUT2D eigenvalue weighted by Gasteiger charge is -2.29. The first-order chi connectivity index (χ1) is 7.26.